The first-order chi connectivity index (χ1) is 12.0. The van der Waals surface area contributed by atoms with Crippen LogP contribution in [0.2, 0.25) is 0 Å². The molecule has 7 heteroatoms. The number of aryl methyl sites for hydroxylation is 1. The number of benzene rings is 1. The molecule has 2 heterocycles. The molecule has 0 bridgehead atoms. The molecule has 7 nitrogen and oxygen atoms in total. The molecule has 1 aromatic carbocycles. The summed E-state index contributed by atoms with van der Waals surface area (Å²) in [5.74, 6) is -1.44. The second-order valence-electron chi connectivity index (χ2n) is 6.66. The van der Waals surface area contributed by atoms with Crippen LogP contribution < -0.4 is 15.8 Å². The molecule has 2 saturated heterocycles. The van der Waals surface area contributed by atoms with Gasteiger partial charge in [0.25, 0.3) is 11.8 Å². The monoisotopic (exact) mass is 344 g/mol. The van der Waals surface area contributed by atoms with E-state index in [4.69, 9.17) is 0 Å². The summed E-state index contributed by atoms with van der Waals surface area (Å²) < 4.78 is 0. The molecular formula is C18H24N4O3. The van der Waals surface area contributed by atoms with Crippen molar-refractivity contribution in [2.24, 2.45) is 5.92 Å². The van der Waals surface area contributed by atoms with Gasteiger partial charge >= 0.3 is 0 Å². The molecule has 3 rings (SSSR count). The minimum Gasteiger partial charge on any atom is -0.368 e. The summed E-state index contributed by atoms with van der Waals surface area (Å²) >= 11 is 0. The maximum atomic E-state index is 12.4. The lowest BCUT2D eigenvalue weighted by Crippen LogP contribution is -2.49. The average molecular weight is 344 g/mol. The molecule has 0 unspecified atom stereocenters. The molecule has 134 valence electrons. The van der Waals surface area contributed by atoms with Crippen LogP contribution in [0.5, 0.6) is 0 Å². The molecule has 1 aromatic rings. The van der Waals surface area contributed by atoms with Gasteiger partial charge in [0.1, 0.15) is 5.92 Å². The normalized spacial score (nSPS) is 18.3. The second-order valence-corrected chi connectivity index (χ2v) is 6.66. The summed E-state index contributed by atoms with van der Waals surface area (Å²) in [6, 6.07) is 6.29. The number of nitrogens with one attached hydrogen (secondary N) is 2. The third kappa shape index (κ3) is 3.60. The Morgan fingerprint density at radius 3 is 2.36 bits per heavy atom. The number of hydrogen-bond donors (Lipinski definition) is 2. The Labute approximate surface area is 147 Å². The molecule has 2 aliphatic heterocycles. The molecule has 0 saturated carbocycles. The maximum Gasteiger partial charge on any atom is 0.251 e. The highest BCUT2D eigenvalue weighted by atomic mass is 16.2. The van der Waals surface area contributed by atoms with Crippen molar-refractivity contribution in [3.63, 3.8) is 0 Å². The molecular weight excluding hydrogens is 320 g/mol. The van der Waals surface area contributed by atoms with Gasteiger partial charge in [-0.05, 0) is 37.5 Å². The molecule has 0 aliphatic carbocycles. The minimum absolute atomic E-state index is 0.00751. The van der Waals surface area contributed by atoms with Gasteiger partial charge < -0.3 is 9.80 Å². The van der Waals surface area contributed by atoms with Crippen molar-refractivity contribution in [1.82, 2.24) is 15.8 Å². The van der Waals surface area contributed by atoms with E-state index in [2.05, 4.69) is 47.8 Å². The minimum atomic E-state index is -0.750. The Kier molecular flexibility index (Phi) is 4.92. The van der Waals surface area contributed by atoms with Gasteiger partial charge in [0.2, 0.25) is 5.91 Å². The van der Waals surface area contributed by atoms with E-state index in [9.17, 15) is 14.4 Å². The lowest BCUT2D eigenvalue weighted by molar-refractivity contribution is -0.132. The summed E-state index contributed by atoms with van der Waals surface area (Å²) in [4.78, 5) is 39.5. The largest absolute Gasteiger partial charge is 0.368 e. The molecule has 3 amide bonds. The van der Waals surface area contributed by atoms with E-state index < -0.39 is 5.92 Å². The molecule has 2 fully saturated rings. The standard InChI is InChI=1S/C18H24N4O3/c1-12-4-3-5-15(13(12)2)21-8-10-22(11-9-21)16(23)7-6-14-17(24)19-20-18(14)25/h3-5,14H,6-11H2,1-2H3,(H,19,24)(H,20,25). The number of nitrogens with zero attached hydrogens (tertiary/aromatic N) is 2. The van der Waals surface area contributed by atoms with Crippen molar-refractivity contribution in [1.29, 1.82) is 0 Å². The summed E-state index contributed by atoms with van der Waals surface area (Å²) in [7, 11) is 0. The van der Waals surface area contributed by atoms with Crippen LogP contribution in [-0.4, -0.2) is 48.8 Å². The summed E-state index contributed by atoms with van der Waals surface area (Å²) in [6.07, 6.45) is 0.475. The average Bonchev–Trinajstić information content (AvgIpc) is 2.93. The first kappa shape index (κ1) is 17.3. The van der Waals surface area contributed by atoms with Gasteiger partial charge in [-0.2, -0.15) is 0 Å². The summed E-state index contributed by atoms with van der Waals surface area (Å²) in [5.41, 5.74) is 8.35. The van der Waals surface area contributed by atoms with Crippen molar-refractivity contribution >= 4 is 23.4 Å². The third-order valence-electron chi connectivity index (χ3n) is 5.14. The molecule has 0 spiro atoms. The van der Waals surface area contributed by atoms with E-state index in [1.165, 1.54) is 16.8 Å². The highest BCUT2D eigenvalue weighted by Gasteiger charge is 2.33. The van der Waals surface area contributed by atoms with Crippen LogP contribution in [0.1, 0.15) is 24.0 Å². The Hall–Kier alpha value is -2.57. The van der Waals surface area contributed by atoms with Crippen LogP contribution in [0.4, 0.5) is 5.69 Å². The zero-order valence-electron chi connectivity index (χ0n) is 14.7. The van der Waals surface area contributed by atoms with Gasteiger partial charge in [0.15, 0.2) is 0 Å². The number of piperazine rings is 1. The maximum absolute atomic E-state index is 12.4. The molecule has 2 aliphatic rings. The van der Waals surface area contributed by atoms with Crippen LogP contribution in [0.15, 0.2) is 18.2 Å². The molecule has 0 radical (unpaired) electrons. The lowest BCUT2D eigenvalue weighted by Gasteiger charge is -2.37. The molecule has 25 heavy (non-hydrogen) atoms. The van der Waals surface area contributed by atoms with Crippen LogP contribution in [0.3, 0.4) is 0 Å². The van der Waals surface area contributed by atoms with Gasteiger partial charge in [0, 0.05) is 38.3 Å². The predicted octanol–water partition coefficient (Wildman–Crippen LogP) is 0.509. The van der Waals surface area contributed by atoms with Crippen LogP contribution in [-0.2, 0) is 14.4 Å². The smallest absolute Gasteiger partial charge is 0.251 e. The van der Waals surface area contributed by atoms with Gasteiger partial charge in [-0.3, -0.25) is 25.2 Å². The highest BCUT2D eigenvalue weighted by molar-refractivity contribution is 6.05. The Balaban J connectivity index is 1.52. The number of hydrogen-bond acceptors (Lipinski definition) is 4. The van der Waals surface area contributed by atoms with Gasteiger partial charge in [-0.1, -0.05) is 12.1 Å². The molecule has 0 aromatic heterocycles. The number of anilines is 1. The Morgan fingerprint density at radius 2 is 1.72 bits per heavy atom. The second kappa shape index (κ2) is 7.13. The van der Waals surface area contributed by atoms with E-state index in [1.54, 1.807) is 0 Å². The predicted molar refractivity (Wildman–Crippen MR) is 93.7 cm³/mol. The third-order valence-corrected chi connectivity index (χ3v) is 5.14. The fourth-order valence-electron chi connectivity index (χ4n) is 3.38. The van der Waals surface area contributed by atoms with E-state index in [0.717, 1.165) is 13.1 Å². The first-order valence-corrected chi connectivity index (χ1v) is 8.66. The molecule has 0 atom stereocenters. The van der Waals surface area contributed by atoms with E-state index in [1.807, 2.05) is 4.90 Å². The van der Waals surface area contributed by atoms with Crippen molar-refractivity contribution in [2.75, 3.05) is 31.1 Å². The van der Waals surface area contributed by atoms with Crippen molar-refractivity contribution < 1.29 is 14.4 Å². The van der Waals surface area contributed by atoms with Crippen LogP contribution >= 0.6 is 0 Å². The van der Waals surface area contributed by atoms with E-state index >= 15 is 0 Å². The lowest BCUT2D eigenvalue weighted by atomic mass is 10.0. The van der Waals surface area contributed by atoms with Crippen LogP contribution in [0.25, 0.3) is 0 Å². The van der Waals surface area contributed by atoms with Gasteiger partial charge in [-0.15, -0.1) is 0 Å². The fraction of sp³-hybridized carbons (Fsp3) is 0.500. The SMILES string of the molecule is Cc1cccc(N2CCN(C(=O)CCC3C(=O)NNC3=O)CC2)c1C. The summed E-state index contributed by atoms with van der Waals surface area (Å²) in [5, 5.41) is 0. The van der Waals surface area contributed by atoms with Crippen LogP contribution in [0, 0.1) is 19.8 Å². The fourth-order valence-corrected chi connectivity index (χ4v) is 3.38. The first-order valence-electron chi connectivity index (χ1n) is 8.66. The number of amides is 3. The van der Waals surface area contributed by atoms with Crippen molar-refractivity contribution in [2.45, 2.75) is 26.7 Å². The Bertz CT molecular complexity index is 680. The molecule has 2 N–H and O–H groups in total. The van der Waals surface area contributed by atoms with Gasteiger partial charge in [0.05, 0.1) is 0 Å². The zero-order valence-corrected chi connectivity index (χ0v) is 14.7. The summed E-state index contributed by atoms with van der Waals surface area (Å²) in [6.45, 7) is 7.14. The van der Waals surface area contributed by atoms with E-state index in [0.29, 0.717) is 13.1 Å². The number of carbonyl (C=O) groups excluding carboxylic acids is 3. The van der Waals surface area contributed by atoms with Crippen molar-refractivity contribution in [3.05, 3.63) is 29.3 Å². The zero-order chi connectivity index (χ0) is 18.0. The van der Waals surface area contributed by atoms with E-state index in [-0.39, 0.29) is 30.6 Å². The Morgan fingerprint density at radius 1 is 1.08 bits per heavy atom. The number of hydrazine groups is 1. The van der Waals surface area contributed by atoms with Crippen molar-refractivity contribution in [3.8, 4) is 0 Å². The number of rotatable bonds is 4. The van der Waals surface area contributed by atoms with Gasteiger partial charge in [-0.25, -0.2) is 0 Å². The highest BCUT2D eigenvalue weighted by Crippen LogP contribution is 2.24. The quantitative estimate of drug-likeness (QED) is 0.780. The number of carbonyl (C=O) groups is 3. The topological polar surface area (TPSA) is 81.8 Å².